The molecule has 0 aromatic heterocycles. The quantitative estimate of drug-likeness (QED) is 0.843. The number of morpholine rings is 1. The van der Waals surface area contributed by atoms with Crippen LogP contribution >= 0.6 is 0 Å². The third-order valence-electron chi connectivity index (χ3n) is 3.49. The normalized spacial score (nSPS) is 19.4. The van der Waals surface area contributed by atoms with Gasteiger partial charge in [0.2, 0.25) is 0 Å². The standard InChI is InChI=1S/C15H24N2O2/c1-11-6-12(2)14(15(7-11)18-3)9-16-8-13-10-19-5-4-17-13/h6-7,13,16-17H,4-5,8-10H2,1-3H3. The van der Waals surface area contributed by atoms with E-state index in [4.69, 9.17) is 9.47 Å². The van der Waals surface area contributed by atoms with E-state index in [2.05, 4.69) is 36.6 Å². The maximum Gasteiger partial charge on any atom is 0.123 e. The minimum Gasteiger partial charge on any atom is -0.496 e. The molecular formula is C15H24N2O2. The van der Waals surface area contributed by atoms with Crippen LogP contribution in [0.3, 0.4) is 0 Å². The zero-order valence-electron chi connectivity index (χ0n) is 12.1. The molecule has 1 atom stereocenters. The first-order valence-corrected chi connectivity index (χ1v) is 6.86. The second kappa shape index (κ2) is 6.89. The lowest BCUT2D eigenvalue weighted by molar-refractivity contribution is 0.0766. The van der Waals surface area contributed by atoms with Crippen molar-refractivity contribution in [3.8, 4) is 5.75 Å². The van der Waals surface area contributed by atoms with Gasteiger partial charge < -0.3 is 20.1 Å². The van der Waals surface area contributed by atoms with Gasteiger partial charge in [-0.3, -0.25) is 0 Å². The van der Waals surface area contributed by atoms with Gasteiger partial charge in [0.05, 0.1) is 20.3 Å². The average Bonchev–Trinajstić information content (AvgIpc) is 2.42. The lowest BCUT2D eigenvalue weighted by Crippen LogP contribution is -2.47. The Labute approximate surface area is 115 Å². The molecule has 0 radical (unpaired) electrons. The summed E-state index contributed by atoms with van der Waals surface area (Å²) in [5.41, 5.74) is 3.75. The summed E-state index contributed by atoms with van der Waals surface area (Å²) in [6.07, 6.45) is 0. The zero-order chi connectivity index (χ0) is 13.7. The van der Waals surface area contributed by atoms with Gasteiger partial charge in [0.25, 0.3) is 0 Å². The van der Waals surface area contributed by atoms with Crippen LogP contribution in [0.15, 0.2) is 12.1 Å². The van der Waals surface area contributed by atoms with Crippen molar-refractivity contribution in [3.05, 3.63) is 28.8 Å². The largest absolute Gasteiger partial charge is 0.496 e. The molecule has 1 heterocycles. The van der Waals surface area contributed by atoms with Gasteiger partial charge in [0.1, 0.15) is 5.75 Å². The monoisotopic (exact) mass is 264 g/mol. The van der Waals surface area contributed by atoms with Crippen LogP contribution in [0.5, 0.6) is 5.75 Å². The number of nitrogens with one attached hydrogen (secondary N) is 2. The highest BCUT2D eigenvalue weighted by Gasteiger charge is 2.13. The van der Waals surface area contributed by atoms with E-state index >= 15 is 0 Å². The Balaban J connectivity index is 1.91. The van der Waals surface area contributed by atoms with E-state index in [1.807, 2.05) is 0 Å². The molecule has 2 N–H and O–H groups in total. The maximum absolute atomic E-state index is 5.47. The Morgan fingerprint density at radius 3 is 2.95 bits per heavy atom. The van der Waals surface area contributed by atoms with Gasteiger partial charge in [-0.2, -0.15) is 0 Å². The fraction of sp³-hybridized carbons (Fsp3) is 0.600. The summed E-state index contributed by atoms with van der Waals surface area (Å²) in [6, 6.07) is 4.69. The lowest BCUT2D eigenvalue weighted by Gasteiger charge is -2.24. The van der Waals surface area contributed by atoms with Gasteiger partial charge in [-0.25, -0.2) is 0 Å². The van der Waals surface area contributed by atoms with E-state index in [-0.39, 0.29) is 0 Å². The smallest absolute Gasteiger partial charge is 0.123 e. The molecule has 0 spiro atoms. The first-order valence-electron chi connectivity index (χ1n) is 6.86. The van der Waals surface area contributed by atoms with Gasteiger partial charge in [0.15, 0.2) is 0 Å². The van der Waals surface area contributed by atoms with Crippen molar-refractivity contribution in [2.24, 2.45) is 0 Å². The van der Waals surface area contributed by atoms with E-state index in [0.29, 0.717) is 6.04 Å². The van der Waals surface area contributed by atoms with Crippen LogP contribution < -0.4 is 15.4 Å². The van der Waals surface area contributed by atoms with E-state index in [1.165, 1.54) is 16.7 Å². The zero-order valence-corrected chi connectivity index (χ0v) is 12.1. The van der Waals surface area contributed by atoms with E-state index < -0.39 is 0 Å². The molecule has 0 saturated carbocycles. The lowest BCUT2D eigenvalue weighted by atomic mass is 10.0. The van der Waals surface area contributed by atoms with Crippen molar-refractivity contribution < 1.29 is 9.47 Å². The third-order valence-corrected chi connectivity index (χ3v) is 3.49. The Hall–Kier alpha value is -1.10. The van der Waals surface area contributed by atoms with Crippen molar-refractivity contribution >= 4 is 0 Å². The molecule has 1 aromatic rings. The number of hydrogen-bond donors (Lipinski definition) is 2. The molecule has 4 nitrogen and oxygen atoms in total. The number of hydrogen-bond acceptors (Lipinski definition) is 4. The van der Waals surface area contributed by atoms with Crippen molar-refractivity contribution in [1.82, 2.24) is 10.6 Å². The van der Waals surface area contributed by atoms with Crippen molar-refractivity contribution in [2.45, 2.75) is 26.4 Å². The number of aryl methyl sites for hydroxylation is 2. The summed E-state index contributed by atoms with van der Waals surface area (Å²) in [4.78, 5) is 0. The minimum atomic E-state index is 0.408. The van der Waals surface area contributed by atoms with Crippen LogP contribution in [0.2, 0.25) is 0 Å². The summed E-state index contributed by atoms with van der Waals surface area (Å²) >= 11 is 0. The van der Waals surface area contributed by atoms with Crippen molar-refractivity contribution in [1.29, 1.82) is 0 Å². The second-order valence-electron chi connectivity index (χ2n) is 5.12. The molecule has 0 aliphatic carbocycles. The minimum absolute atomic E-state index is 0.408. The van der Waals surface area contributed by atoms with Gasteiger partial charge in [-0.15, -0.1) is 0 Å². The SMILES string of the molecule is COc1cc(C)cc(C)c1CNCC1COCCN1. The Kier molecular flexibility index (Phi) is 5.19. The summed E-state index contributed by atoms with van der Waals surface area (Å²) in [7, 11) is 1.73. The average molecular weight is 264 g/mol. The molecule has 1 saturated heterocycles. The predicted molar refractivity (Wildman–Crippen MR) is 76.8 cm³/mol. The van der Waals surface area contributed by atoms with Crippen LogP contribution in [0.1, 0.15) is 16.7 Å². The summed E-state index contributed by atoms with van der Waals surface area (Å²) in [5, 5.41) is 6.92. The fourth-order valence-corrected chi connectivity index (χ4v) is 2.49. The topological polar surface area (TPSA) is 42.5 Å². The Morgan fingerprint density at radius 2 is 2.26 bits per heavy atom. The molecule has 1 aliphatic heterocycles. The van der Waals surface area contributed by atoms with Crippen molar-refractivity contribution in [3.63, 3.8) is 0 Å². The maximum atomic E-state index is 5.47. The molecule has 0 amide bonds. The van der Waals surface area contributed by atoms with Gasteiger partial charge in [0, 0.05) is 31.2 Å². The Morgan fingerprint density at radius 1 is 1.42 bits per heavy atom. The summed E-state index contributed by atoms with van der Waals surface area (Å²) in [5.74, 6) is 0.970. The highest BCUT2D eigenvalue weighted by Crippen LogP contribution is 2.23. The summed E-state index contributed by atoms with van der Waals surface area (Å²) < 4.78 is 10.9. The van der Waals surface area contributed by atoms with E-state index in [0.717, 1.165) is 38.6 Å². The predicted octanol–water partition coefficient (Wildman–Crippen LogP) is 1.39. The van der Waals surface area contributed by atoms with E-state index in [1.54, 1.807) is 7.11 Å². The second-order valence-corrected chi connectivity index (χ2v) is 5.12. The van der Waals surface area contributed by atoms with Crippen LogP contribution in [-0.4, -0.2) is 39.5 Å². The molecule has 19 heavy (non-hydrogen) atoms. The molecule has 4 heteroatoms. The molecule has 1 unspecified atom stereocenters. The number of ether oxygens (including phenoxy) is 2. The van der Waals surface area contributed by atoms with E-state index in [9.17, 15) is 0 Å². The molecule has 1 aliphatic rings. The highest BCUT2D eigenvalue weighted by molar-refractivity contribution is 5.42. The number of benzene rings is 1. The molecule has 0 bridgehead atoms. The number of methoxy groups -OCH3 is 1. The molecule has 1 aromatic carbocycles. The molecule has 2 rings (SSSR count). The van der Waals surface area contributed by atoms with Crippen LogP contribution in [0.25, 0.3) is 0 Å². The number of rotatable bonds is 5. The van der Waals surface area contributed by atoms with Crippen LogP contribution in [0, 0.1) is 13.8 Å². The molecule has 106 valence electrons. The van der Waals surface area contributed by atoms with Gasteiger partial charge >= 0.3 is 0 Å². The summed E-state index contributed by atoms with van der Waals surface area (Å²) in [6.45, 7) is 8.52. The van der Waals surface area contributed by atoms with Gasteiger partial charge in [-0.05, 0) is 31.0 Å². The molecule has 1 fully saturated rings. The highest BCUT2D eigenvalue weighted by atomic mass is 16.5. The first-order chi connectivity index (χ1) is 9.20. The van der Waals surface area contributed by atoms with Crippen LogP contribution in [-0.2, 0) is 11.3 Å². The van der Waals surface area contributed by atoms with Crippen molar-refractivity contribution in [2.75, 3.05) is 33.4 Å². The Bertz CT molecular complexity index is 415. The molecular weight excluding hydrogens is 240 g/mol. The first kappa shape index (κ1) is 14.3. The fourth-order valence-electron chi connectivity index (χ4n) is 2.49. The van der Waals surface area contributed by atoms with Crippen LogP contribution in [0.4, 0.5) is 0 Å². The van der Waals surface area contributed by atoms with Gasteiger partial charge in [-0.1, -0.05) is 6.07 Å². The third kappa shape index (κ3) is 3.93.